The fourth-order valence-electron chi connectivity index (χ4n) is 3.73. The highest BCUT2D eigenvalue weighted by Gasteiger charge is 2.31. The van der Waals surface area contributed by atoms with Crippen LogP contribution in [0.25, 0.3) is 32.8 Å². The maximum absolute atomic E-state index is 13.1. The van der Waals surface area contributed by atoms with Gasteiger partial charge in [0.05, 0.1) is 11.3 Å². The molecule has 0 fully saturated rings. The zero-order chi connectivity index (χ0) is 15.6. The second-order valence-electron chi connectivity index (χ2n) is 6.04. The van der Waals surface area contributed by atoms with E-state index in [0.717, 1.165) is 44.1 Å². The Morgan fingerprint density at radius 1 is 0.826 bits per heavy atom. The highest BCUT2D eigenvalue weighted by molar-refractivity contribution is 6.28. The minimum absolute atomic E-state index is 0.0909. The van der Waals surface area contributed by atoms with E-state index in [2.05, 4.69) is 24.0 Å². The number of nitrogens with zero attached hydrogens (tertiary/aromatic N) is 1. The number of aryl methyl sites for hydroxylation is 1. The van der Waals surface area contributed by atoms with E-state index < -0.39 is 0 Å². The molecule has 0 saturated heterocycles. The molecule has 1 aliphatic rings. The van der Waals surface area contributed by atoms with Gasteiger partial charge in [-0.15, -0.1) is 0 Å². The Balaban J connectivity index is 1.97. The van der Waals surface area contributed by atoms with Gasteiger partial charge in [-0.05, 0) is 34.7 Å². The first-order valence-corrected chi connectivity index (χ1v) is 7.71. The van der Waals surface area contributed by atoms with Gasteiger partial charge in [0.1, 0.15) is 0 Å². The minimum Gasteiger partial charge on any atom is -0.288 e. The molecule has 1 heterocycles. The molecule has 0 saturated carbocycles. The van der Waals surface area contributed by atoms with Gasteiger partial charge in [0.25, 0.3) is 0 Å². The molecular weight excluding hydrogens is 282 g/mol. The van der Waals surface area contributed by atoms with Crippen LogP contribution in [0.1, 0.15) is 21.5 Å². The van der Waals surface area contributed by atoms with Gasteiger partial charge in [-0.3, -0.25) is 9.78 Å². The Kier molecular flexibility index (Phi) is 2.32. The smallest absolute Gasteiger partial charge is 0.196 e. The summed E-state index contributed by atoms with van der Waals surface area (Å²) in [5, 5.41) is 4.29. The summed E-state index contributed by atoms with van der Waals surface area (Å²) in [5.74, 6) is 0.0909. The van der Waals surface area contributed by atoms with Crippen molar-refractivity contribution in [2.75, 3.05) is 0 Å². The van der Waals surface area contributed by atoms with Crippen LogP contribution in [0, 0.1) is 6.92 Å². The number of ketones is 1. The molecule has 0 N–H and O–H groups in total. The molecule has 0 radical (unpaired) electrons. The summed E-state index contributed by atoms with van der Waals surface area (Å²) in [5.41, 5.74) is 4.48. The van der Waals surface area contributed by atoms with E-state index in [9.17, 15) is 4.79 Å². The number of carbonyl (C=O) groups is 1. The van der Waals surface area contributed by atoms with Crippen molar-refractivity contribution in [3.63, 3.8) is 0 Å². The molecule has 0 amide bonds. The number of aromatic nitrogens is 1. The fourth-order valence-corrected chi connectivity index (χ4v) is 3.73. The number of hydrogen-bond acceptors (Lipinski definition) is 2. The maximum atomic E-state index is 13.1. The molecule has 2 heteroatoms. The average molecular weight is 295 g/mol. The largest absolute Gasteiger partial charge is 0.288 e. The Morgan fingerprint density at radius 3 is 2.35 bits per heavy atom. The molecule has 108 valence electrons. The second-order valence-corrected chi connectivity index (χ2v) is 6.04. The molecule has 0 aliphatic heterocycles. The third-order valence-corrected chi connectivity index (χ3v) is 4.82. The quantitative estimate of drug-likeness (QED) is 0.406. The molecule has 4 aromatic rings. The molecule has 3 aromatic carbocycles. The molecule has 0 unspecified atom stereocenters. The van der Waals surface area contributed by atoms with Gasteiger partial charge in [-0.25, -0.2) is 0 Å². The zero-order valence-corrected chi connectivity index (χ0v) is 12.6. The van der Waals surface area contributed by atoms with Crippen molar-refractivity contribution >= 4 is 27.3 Å². The molecule has 0 spiro atoms. The van der Waals surface area contributed by atoms with Crippen LogP contribution in [0.2, 0.25) is 0 Å². The van der Waals surface area contributed by atoms with Crippen LogP contribution in [-0.2, 0) is 0 Å². The minimum atomic E-state index is 0.0909. The van der Waals surface area contributed by atoms with Gasteiger partial charge < -0.3 is 0 Å². The van der Waals surface area contributed by atoms with E-state index in [1.165, 1.54) is 5.39 Å². The van der Waals surface area contributed by atoms with Crippen LogP contribution in [0.5, 0.6) is 0 Å². The van der Waals surface area contributed by atoms with Crippen LogP contribution in [-0.4, -0.2) is 10.8 Å². The summed E-state index contributed by atoms with van der Waals surface area (Å²) in [6, 6.07) is 18.2. The normalized spacial score (nSPS) is 12.7. The molecule has 0 bridgehead atoms. The highest BCUT2D eigenvalue weighted by Crippen LogP contribution is 2.43. The lowest BCUT2D eigenvalue weighted by Gasteiger charge is -2.08. The maximum Gasteiger partial charge on any atom is 0.196 e. The summed E-state index contributed by atoms with van der Waals surface area (Å²) >= 11 is 0. The molecule has 1 aliphatic carbocycles. The van der Waals surface area contributed by atoms with Gasteiger partial charge in [0.2, 0.25) is 0 Å². The van der Waals surface area contributed by atoms with Crippen molar-refractivity contribution in [2.24, 2.45) is 0 Å². The lowest BCUT2D eigenvalue weighted by atomic mass is 9.96. The first kappa shape index (κ1) is 12.5. The van der Waals surface area contributed by atoms with Gasteiger partial charge in [0, 0.05) is 22.7 Å². The number of hydrogen-bond donors (Lipinski definition) is 0. The monoisotopic (exact) mass is 295 g/mol. The average Bonchev–Trinajstić information content (AvgIpc) is 2.88. The number of rotatable bonds is 0. The zero-order valence-electron chi connectivity index (χ0n) is 12.6. The fraction of sp³-hybridized carbons (Fsp3) is 0.0476. The summed E-state index contributed by atoms with van der Waals surface area (Å²) in [6.45, 7) is 2.08. The van der Waals surface area contributed by atoms with E-state index >= 15 is 0 Å². The molecule has 1 aromatic heterocycles. The first-order valence-electron chi connectivity index (χ1n) is 7.71. The van der Waals surface area contributed by atoms with Crippen molar-refractivity contribution in [3.8, 4) is 11.3 Å². The molecule has 0 atom stereocenters. The summed E-state index contributed by atoms with van der Waals surface area (Å²) < 4.78 is 0. The van der Waals surface area contributed by atoms with Gasteiger partial charge in [-0.1, -0.05) is 48.5 Å². The lowest BCUT2D eigenvalue weighted by molar-refractivity contribution is 0.104. The van der Waals surface area contributed by atoms with Crippen molar-refractivity contribution in [2.45, 2.75) is 6.92 Å². The van der Waals surface area contributed by atoms with Gasteiger partial charge in [-0.2, -0.15) is 0 Å². The Morgan fingerprint density at radius 2 is 1.52 bits per heavy atom. The number of pyridine rings is 1. The molecule has 2 nitrogen and oxygen atoms in total. The summed E-state index contributed by atoms with van der Waals surface area (Å²) in [4.78, 5) is 17.7. The Labute approximate surface area is 133 Å². The van der Waals surface area contributed by atoms with Crippen LogP contribution in [0.15, 0.2) is 60.8 Å². The predicted octanol–water partition coefficient (Wildman–Crippen LogP) is 4.91. The summed E-state index contributed by atoms with van der Waals surface area (Å²) in [7, 11) is 0. The lowest BCUT2D eigenvalue weighted by Crippen LogP contribution is -1.97. The van der Waals surface area contributed by atoms with E-state index in [4.69, 9.17) is 0 Å². The van der Waals surface area contributed by atoms with E-state index in [0.29, 0.717) is 0 Å². The van der Waals surface area contributed by atoms with E-state index in [1.807, 2.05) is 48.7 Å². The SMILES string of the molecule is Cc1c2c(cc3ccccc13)C(=O)c1c-2ncc2ccccc12. The van der Waals surface area contributed by atoms with Crippen molar-refractivity contribution in [1.82, 2.24) is 4.98 Å². The summed E-state index contributed by atoms with van der Waals surface area (Å²) in [6.07, 6.45) is 1.87. The topological polar surface area (TPSA) is 30.0 Å². The van der Waals surface area contributed by atoms with Crippen LogP contribution in [0.4, 0.5) is 0 Å². The third kappa shape index (κ3) is 1.53. The number of carbonyl (C=O) groups excluding carboxylic acids is 1. The molecular formula is C21H13NO. The highest BCUT2D eigenvalue weighted by atomic mass is 16.1. The van der Waals surface area contributed by atoms with Gasteiger partial charge in [0.15, 0.2) is 5.78 Å². The van der Waals surface area contributed by atoms with Crippen LogP contribution in [0.3, 0.4) is 0 Å². The first-order chi connectivity index (χ1) is 11.3. The number of benzene rings is 3. The van der Waals surface area contributed by atoms with Crippen LogP contribution < -0.4 is 0 Å². The van der Waals surface area contributed by atoms with E-state index in [-0.39, 0.29) is 5.78 Å². The van der Waals surface area contributed by atoms with Crippen molar-refractivity contribution < 1.29 is 4.79 Å². The standard InChI is InChI=1S/C21H13NO/c1-12-15-8-4-2-6-13(15)10-17-18(12)20-19(21(17)23)16-9-5-3-7-14(16)11-22-20/h2-11H,1H3. The third-order valence-electron chi connectivity index (χ3n) is 4.82. The van der Waals surface area contributed by atoms with Crippen molar-refractivity contribution in [1.29, 1.82) is 0 Å². The Bertz CT molecular complexity index is 1140. The van der Waals surface area contributed by atoms with Crippen molar-refractivity contribution in [3.05, 3.63) is 77.5 Å². The molecule has 5 rings (SSSR count). The van der Waals surface area contributed by atoms with E-state index in [1.54, 1.807) is 0 Å². The second kappa shape index (κ2) is 4.26. The predicted molar refractivity (Wildman–Crippen MR) is 92.9 cm³/mol. The van der Waals surface area contributed by atoms with Gasteiger partial charge >= 0.3 is 0 Å². The number of fused-ring (bicyclic) bond motifs is 6. The Hall–Kier alpha value is -3.00. The molecule has 23 heavy (non-hydrogen) atoms. The van der Waals surface area contributed by atoms with Crippen LogP contribution >= 0.6 is 0 Å².